The Hall–Kier alpha value is -2.40. The van der Waals surface area contributed by atoms with Gasteiger partial charge in [0.05, 0.1) is 11.8 Å². The van der Waals surface area contributed by atoms with Crippen molar-refractivity contribution in [1.29, 1.82) is 0 Å². The molecule has 26 heavy (non-hydrogen) atoms. The molecule has 2 aromatic rings. The van der Waals surface area contributed by atoms with E-state index in [2.05, 4.69) is 25.6 Å². The quantitative estimate of drug-likeness (QED) is 0.547. The molecule has 0 saturated carbocycles. The number of aromatic hydroxyl groups is 1. The Bertz CT molecular complexity index is 773. The van der Waals surface area contributed by atoms with E-state index >= 15 is 0 Å². The molecule has 2 rings (SSSR count). The van der Waals surface area contributed by atoms with Crippen LogP contribution in [0.15, 0.2) is 42.2 Å². The van der Waals surface area contributed by atoms with Gasteiger partial charge in [-0.3, -0.25) is 0 Å². The number of anilines is 1. The van der Waals surface area contributed by atoms with Crippen molar-refractivity contribution >= 4 is 22.1 Å². The monoisotopic (exact) mass is 356 g/mol. The van der Waals surface area contributed by atoms with Crippen LogP contribution in [0.5, 0.6) is 5.75 Å². The van der Waals surface area contributed by atoms with Crippen molar-refractivity contribution in [2.75, 3.05) is 18.1 Å². The summed E-state index contributed by atoms with van der Waals surface area (Å²) >= 11 is 0. The minimum Gasteiger partial charge on any atom is -0.505 e. The molecule has 1 N–H and O–H groups in total. The molecule has 0 radical (unpaired) electrons. The van der Waals surface area contributed by atoms with E-state index in [1.54, 1.807) is 25.3 Å². The molecule has 0 saturated heterocycles. The first-order valence-corrected chi connectivity index (χ1v) is 9.17. The van der Waals surface area contributed by atoms with Crippen LogP contribution in [0.3, 0.4) is 0 Å². The molecule has 0 aromatic heterocycles. The predicted octanol–water partition coefficient (Wildman–Crippen LogP) is 5.80. The van der Waals surface area contributed by atoms with Crippen LogP contribution < -0.4 is 4.90 Å². The van der Waals surface area contributed by atoms with Crippen LogP contribution in [0, 0.1) is 11.8 Å². The Morgan fingerprint density at radius 3 is 2.54 bits per heavy atom. The lowest BCUT2D eigenvalue weighted by molar-refractivity contribution is 0.0532. The Kier molecular flexibility index (Phi) is 7.16. The third-order valence-corrected chi connectivity index (χ3v) is 4.54. The Morgan fingerprint density at radius 2 is 1.96 bits per heavy atom. The molecule has 1 atom stereocenters. The zero-order chi connectivity index (χ0) is 19.1. The van der Waals surface area contributed by atoms with Gasteiger partial charge < -0.3 is 14.7 Å². The average Bonchev–Trinajstić information content (AvgIpc) is 2.65. The van der Waals surface area contributed by atoms with E-state index in [0.29, 0.717) is 40.9 Å². The van der Waals surface area contributed by atoms with Crippen LogP contribution in [0.4, 0.5) is 11.4 Å². The summed E-state index contributed by atoms with van der Waals surface area (Å²) in [5.41, 5.74) is 1.55. The van der Waals surface area contributed by atoms with Crippen LogP contribution in [0.1, 0.15) is 38.7 Å². The van der Waals surface area contributed by atoms with Gasteiger partial charge in [0.1, 0.15) is 11.4 Å². The van der Waals surface area contributed by atoms with Crippen LogP contribution in [-0.2, 0) is 4.74 Å². The summed E-state index contributed by atoms with van der Waals surface area (Å²) < 4.78 is 5.95. The van der Waals surface area contributed by atoms with Gasteiger partial charge in [0.25, 0.3) is 0 Å². The standard InChI is InChI=1S/C21H28N2O3/c1-5-10-16(26-13-6-2)14-23(7-3)20-15(4)19(22-25)17-11-8-9-12-18(17)21(20)24/h7-9,11-12,16,24H,3,5-6,10,13-14H2,1-2,4H3. The maximum atomic E-state index is 11.5. The van der Waals surface area contributed by atoms with Crippen molar-refractivity contribution < 1.29 is 9.84 Å². The van der Waals surface area contributed by atoms with Crippen LogP contribution in [0.2, 0.25) is 0 Å². The number of phenols is 1. The lowest BCUT2D eigenvalue weighted by Crippen LogP contribution is -2.31. The number of hydrogen-bond acceptors (Lipinski definition) is 5. The molecule has 5 nitrogen and oxygen atoms in total. The first-order valence-electron chi connectivity index (χ1n) is 9.17. The molecular formula is C21H28N2O3. The maximum Gasteiger partial charge on any atom is 0.147 e. The summed E-state index contributed by atoms with van der Waals surface area (Å²) in [6, 6.07) is 7.25. The van der Waals surface area contributed by atoms with Gasteiger partial charge >= 0.3 is 0 Å². The summed E-state index contributed by atoms with van der Waals surface area (Å²) in [6.45, 7) is 11.2. The third kappa shape index (κ3) is 4.05. The van der Waals surface area contributed by atoms with E-state index in [0.717, 1.165) is 19.3 Å². The number of rotatable bonds is 10. The van der Waals surface area contributed by atoms with Crippen molar-refractivity contribution in [3.63, 3.8) is 0 Å². The fourth-order valence-electron chi connectivity index (χ4n) is 3.29. The summed E-state index contributed by atoms with van der Waals surface area (Å²) in [6.07, 6.45) is 4.56. The van der Waals surface area contributed by atoms with Crippen LogP contribution >= 0.6 is 0 Å². The average molecular weight is 356 g/mol. The summed E-state index contributed by atoms with van der Waals surface area (Å²) in [7, 11) is 0. The maximum absolute atomic E-state index is 11.5. The van der Waals surface area contributed by atoms with Gasteiger partial charge in [-0.25, -0.2) is 0 Å². The van der Waals surface area contributed by atoms with Crippen molar-refractivity contribution in [3.05, 3.63) is 47.5 Å². The number of benzene rings is 2. The SMILES string of the molecule is C=CN(CC(CCC)OCCC)c1c(C)c(N=O)c2ccccc2c1O. The molecule has 1 unspecified atom stereocenters. The molecule has 5 heteroatoms. The van der Waals surface area contributed by atoms with Gasteiger partial charge in [-0.1, -0.05) is 51.1 Å². The largest absolute Gasteiger partial charge is 0.505 e. The fourth-order valence-corrected chi connectivity index (χ4v) is 3.29. The van der Waals surface area contributed by atoms with Crippen molar-refractivity contribution in [2.24, 2.45) is 5.18 Å². The fraction of sp³-hybridized carbons (Fsp3) is 0.429. The topological polar surface area (TPSA) is 62.1 Å². The number of phenolic OH excluding ortho intramolecular Hbond substituents is 1. The number of nitroso groups, excluding NO2 is 1. The van der Waals surface area contributed by atoms with Crippen molar-refractivity contribution in [2.45, 2.75) is 46.1 Å². The van der Waals surface area contributed by atoms with Gasteiger partial charge in [-0.15, -0.1) is 4.91 Å². The second-order valence-corrected chi connectivity index (χ2v) is 6.42. The molecule has 0 fully saturated rings. The smallest absolute Gasteiger partial charge is 0.147 e. The zero-order valence-electron chi connectivity index (χ0n) is 15.9. The van der Waals surface area contributed by atoms with Crippen LogP contribution in [-0.4, -0.2) is 24.4 Å². The molecule has 0 spiro atoms. The van der Waals surface area contributed by atoms with Gasteiger partial charge in [0.15, 0.2) is 0 Å². The zero-order valence-corrected chi connectivity index (χ0v) is 15.9. The number of nitrogens with zero attached hydrogens (tertiary/aromatic N) is 2. The molecule has 2 aromatic carbocycles. The van der Waals surface area contributed by atoms with Gasteiger partial charge in [-0.05, 0) is 31.1 Å². The normalized spacial score (nSPS) is 12.1. The van der Waals surface area contributed by atoms with Crippen molar-refractivity contribution in [3.8, 4) is 5.75 Å². The number of hydrogen-bond donors (Lipinski definition) is 1. The van der Waals surface area contributed by atoms with E-state index in [9.17, 15) is 10.0 Å². The molecule has 140 valence electrons. The van der Waals surface area contributed by atoms with Gasteiger partial charge in [0, 0.05) is 29.5 Å². The highest BCUT2D eigenvalue weighted by Gasteiger charge is 2.22. The molecule has 0 aliphatic rings. The second kappa shape index (κ2) is 9.34. The van der Waals surface area contributed by atoms with E-state index in [4.69, 9.17) is 4.74 Å². The Balaban J connectivity index is 2.51. The summed E-state index contributed by atoms with van der Waals surface area (Å²) in [5, 5.41) is 15.4. The highest BCUT2D eigenvalue weighted by atomic mass is 16.5. The lowest BCUT2D eigenvalue weighted by atomic mass is 10.0. The molecular weight excluding hydrogens is 328 g/mol. The lowest BCUT2D eigenvalue weighted by Gasteiger charge is -2.29. The summed E-state index contributed by atoms with van der Waals surface area (Å²) in [4.78, 5) is 13.3. The molecule has 0 amide bonds. The first-order chi connectivity index (χ1) is 12.6. The van der Waals surface area contributed by atoms with Crippen LogP contribution in [0.25, 0.3) is 10.8 Å². The molecule has 0 aliphatic heterocycles. The molecule has 0 bridgehead atoms. The Labute approximate surface area is 155 Å². The third-order valence-electron chi connectivity index (χ3n) is 4.54. The molecule has 0 aliphatic carbocycles. The molecule has 0 heterocycles. The van der Waals surface area contributed by atoms with Gasteiger partial charge in [0.2, 0.25) is 0 Å². The second-order valence-electron chi connectivity index (χ2n) is 6.42. The Morgan fingerprint density at radius 1 is 1.27 bits per heavy atom. The minimum atomic E-state index is 0.0239. The van der Waals surface area contributed by atoms with E-state index < -0.39 is 0 Å². The summed E-state index contributed by atoms with van der Waals surface area (Å²) in [5.74, 6) is 0.135. The van der Waals surface area contributed by atoms with Crippen molar-refractivity contribution in [1.82, 2.24) is 0 Å². The van der Waals surface area contributed by atoms with E-state index in [1.807, 2.05) is 17.0 Å². The highest BCUT2D eigenvalue weighted by Crippen LogP contribution is 2.45. The minimum absolute atomic E-state index is 0.0239. The van der Waals surface area contributed by atoms with Gasteiger partial charge in [-0.2, -0.15) is 0 Å². The highest BCUT2D eigenvalue weighted by molar-refractivity contribution is 6.03. The van der Waals surface area contributed by atoms with E-state index in [-0.39, 0.29) is 11.9 Å². The predicted molar refractivity (Wildman–Crippen MR) is 108 cm³/mol. The number of fused-ring (bicyclic) bond motifs is 1. The van der Waals surface area contributed by atoms with E-state index in [1.165, 1.54) is 0 Å². The first kappa shape index (κ1) is 19.9. The number of ether oxygens (including phenoxy) is 1.